The lowest BCUT2D eigenvalue weighted by Gasteiger charge is -2.06. The second-order valence-corrected chi connectivity index (χ2v) is 4.18. The van der Waals surface area contributed by atoms with Crippen LogP contribution in [0, 0.1) is 0 Å². The van der Waals surface area contributed by atoms with Crippen LogP contribution in [0.4, 0.5) is 5.69 Å². The van der Waals surface area contributed by atoms with Gasteiger partial charge in [-0.15, -0.1) is 12.8 Å². The molecule has 0 saturated carbocycles. The number of aromatic nitrogens is 2. The van der Waals surface area contributed by atoms with Crippen LogP contribution in [0.3, 0.4) is 0 Å². The minimum Gasteiger partial charge on any atom is -0.399 e. The predicted molar refractivity (Wildman–Crippen MR) is 90.0 cm³/mol. The highest BCUT2D eigenvalue weighted by atomic mass is 35.5. The van der Waals surface area contributed by atoms with E-state index >= 15 is 0 Å². The topological polar surface area (TPSA) is 77.8 Å². The summed E-state index contributed by atoms with van der Waals surface area (Å²) < 4.78 is 0. The summed E-state index contributed by atoms with van der Waals surface area (Å²) in [4.78, 5) is 8.70. The first-order valence-corrected chi connectivity index (χ1v) is 6.47. The smallest absolute Gasteiger partial charge is 0.107 e. The molecule has 2 rings (SSSR count). The second kappa shape index (κ2) is 7.69. The molecule has 1 heterocycles. The number of hydrogen-bond acceptors (Lipinski definition) is 5. The third-order valence-corrected chi connectivity index (χ3v) is 2.64. The van der Waals surface area contributed by atoms with Gasteiger partial charge in [0.1, 0.15) is 5.69 Å². The first-order valence-electron chi connectivity index (χ1n) is 5.58. The zero-order chi connectivity index (χ0) is 15.1. The van der Waals surface area contributed by atoms with Crippen molar-refractivity contribution in [2.45, 2.75) is 0 Å². The van der Waals surface area contributed by atoms with Gasteiger partial charge in [0.25, 0.3) is 0 Å². The van der Waals surface area contributed by atoms with Crippen molar-refractivity contribution in [3.63, 3.8) is 0 Å². The Morgan fingerprint density at radius 2 is 1.85 bits per heavy atom. The summed E-state index contributed by atoms with van der Waals surface area (Å²) in [5.41, 5.74) is 9.19. The molecule has 0 atom stereocenters. The SMILES string of the molecule is C=Cc1nc(-c2ccc(N)cc2)cnc1C(=C)Cl.NS. The number of hydrogen-bond donors (Lipinski definition) is 3. The molecule has 0 aliphatic carbocycles. The fourth-order valence-corrected chi connectivity index (χ4v) is 1.69. The number of benzene rings is 1. The molecule has 2 aromatic rings. The third kappa shape index (κ3) is 3.84. The van der Waals surface area contributed by atoms with Crippen LogP contribution >= 0.6 is 24.4 Å². The molecule has 6 heteroatoms. The minimum absolute atomic E-state index is 0.348. The fourth-order valence-electron chi connectivity index (χ4n) is 1.55. The summed E-state index contributed by atoms with van der Waals surface area (Å²) in [6.07, 6.45) is 3.26. The molecule has 104 valence electrons. The predicted octanol–water partition coefficient (Wildman–Crippen LogP) is 3.37. The molecule has 0 amide bonds. The van der Waals surface area contributed by atoms with Gasteiger partial charge in [0.2, 0.25) is 0 Å². The number of rotatable bonds is 3. The molecule has 0 spiro atoms. The second-order valence-electron chi connectivity index (χ2n) is 3.72. The molecule has 0 fully saturated rings. The quantitative estimate of drug-likeness (QED) is 0.600. The normalized spacial score (nSPS) is 9.35. The van der Waals surface area contributed by atoms with E-state index in [2.05, 4.69) is 41.1 Å². The Morgan fingerprint density at radius 3 is 2.35 bits per heavy atom. The first kappa shape index (κ1) is 16.2. The van der Waals surface area contributed by atoms with Gasteiger partial charge < -0.3 is 5.73 Å². The van der Waals surface area contributed by atoms with Crippen LogP contribution in [0.5, 0.6) is 0 Å². The zero-order valence-electron chi connectivity index (χ0n) is 10.8. The van der Waals surface area contributed by atoms with Gasteiger partial charge in [-0.05, 0) is 18.2 Å². The van der Waals surface area contributed by atoms with Crippen molar-refractivity contribution in [1.29, 1.82) is 0 Å². The summed E-state index contributed by atoms with van der Waals surface area (Å²) in [6, 6.07) is 7.42. The number of nitrogens with two attached hydrogens (primary N) is 2. The van der Waals surface area contributed by atoms with Crippen molar-refractivity contribution in [1.82, 2.24) is 9.97 Å². The molecule has 0 aliphatic heterocycles. The fraction of sp³-hybridized carbons (Fsp3) is 0. The molecule has 0 bridgehead atoms. The Balaban J connectivity index is 0.000000956. The van der Waals surface area contributed by atoms with Gasteiger partial charge in [0.15, 0.2) is 0 Å². The summed E-state index contributed by atoms with van der Waals surface area (Å²) in [7, 11) is 0. The Labute approximate surface area is 128 Å². The maximum atomic E-state index is 5.84. The maximum Gasteiger partial charge on any atom is 0.107 e. The highest BCUT2D eigenvalue weighted by molar-refractivity contribution is 7.77. The van der Waals surface area contributed by atoms with Gasteiger partial charge >= 0.3 is 0 Å². The molecule has 4 N–H and O–H groups in total. The lowest BCUT2D eigenvalue weighted by Crippen LogP contribution is -1.96. The van der Waals surface area contributed by atoms with Gasteiger partial charge in [0, 0.05) is 11.3 Å². The average molecular weight is 307 g/mol. The first-order chi connectivity index (χ1) is 9.61. The highest BCUT2D eigenvalue weighted by Gasteiger charge is 2.08. The van der Waals surface area contributed by atoms with Crippen molar-refractivity contribution in [3.05, 3.63) is 55.0 Å². The maximum absolute atomic E-state index is 5.84. The zero-order valence-corrected chi connectivity index (χ0v) is 12.4. The van der Waals surface area contributed by atoms with Crippen LogP contribution in [0.2, 0.25) is 0 Å². The minimum atomic E-state index is 0.348. The number of nitrogen functional groups attached to an aromatic ring is 1. The lowest BCUT2D eigenvalue weighted by molar-refractivity contribution is 1.16. The summed E-state index contributed by atoms with van der Waals surface area (Å²) in [6.45, 7) is 7.35. The van der Waals surface area contributed by atoms with Crippen LogP contribution in [-0.2, 0) is 0 Å². The van der Waals surface area contributed by atoms with E-state index in [1.165, 1.54) is 0 Å². The van der Waals surface area contributed by atoms with Crippen LogP contribution in [0.25, 0.3) is 22.4 Å². The molecule has 0 aliphatic rings. The van der Waals surface area contributed by atoms with E-state index in [-0.39, 0.29) is 0 Å². The van der Waals surface area contributed by atoms with Crippen molar-refractivity contribution in [2.24, 2.45) is 5.14 Å². The van der Waals surface area contributed by atoms with Gasteiger partial charge in [-0.3, -0.25) is 10.1 Å². The Bertz CT molecular complexity index is 611. The van der Waals surface area contributed by atoms with E-state index in [4.69, 9.17) is 17.3 Å². The van der Waals surface area contributed by atoms with E-state index in [1.807, 2.05) is 24.3 Å². The summed E-state index contributed by atoms with van der Waals surface area (Å²) in [5, 5.41) is 4.54. The van der Waals surface area contributed by atoms with E-state index < -0.39 is 0 Å². The highest BCUT2D eigenvalue weighted by Crippen LogP contribution is 2.23. The molecule has 1 aromatic heterocycles. The van der Waals surface area contributed by atoms with Crippen molar-refractivity contribution < 1.29 is 0 Å². The number of anilines is 1. The molecule has 0 unspecified atom stereocenters. The van der Waals surface area contributed by atoms with E-state index in [1.54, 1.807) is 12.3 Å². The Hall–Kier alpha value is -1.82. The van der Waals surface area contributed by atoms with Gasteiger partial charge in [-0.25, -0.2) is 4.98 Å². The molecule has 4 nitrogen and oxygen atoms in total. The molecular weight excluding hydrogens is 292 g/mol. The largest absolute Gasteiger partial charge is 0.399 e. The van der Waals surface area contributed by atoms with Crippen molar-refractivity contribution in [2.75, 3.05) is 5.73 Å². The molecule has 20 heavy (non-hydrogen) atoms. The van der Waals surface area contributed by atoms with Crippen LogP contribution in [-0.4, -0.2) is 9.97 Å². The lowest BCUT2D eigenvalue weighted by atomic mass is 10.1. The number of nitrogens with zero attached hydrogens (tertiary/aromatic N) is 2. The average Bonchev–Trinajstić information content (AvgIpc) is 2.49. The number of halogens is 1. The number of thiol groups is 1. The summed E-state index contributed by atoms with van der Waals surface area (Å²) >= 11 is 8.87. The summed E-state index contributed by atoms with van der Waals surface area (Å²) in [5.74, 6) is 0. The van der Waals surface area contributed by atoms with Crippen LogP contribution < -0.4 is 10.9 Å². The Kier molecular flexibility index (Phi) is 6.24. The standard InChI is InChI=1S/C14H12ClN3.H3NS/c1-3-12-14(9(2)15)17-8-13(18-12)10-4-6-11(16)7-5-10;1-2/h3-8H,1-2,16H2;2H,1H2. The van der Waals surface area contributed by atoms with E-state index in [0.717, 1.165) is 11.3 Å². The van der Waals surface area contributed by atoms with Crippen molar-refractivity contribution >= 4 is 41.2 Å². The van der Waals surface area contributed by atoms with Crippen LogP contribution in [0.15, 0.2) is 43.6 Å². The van der Waals surface area contributed by atoms with Gasteiger partial charge in [-0.1, -0.05) is 36.9 Å². The molecule has 0 saturated heterocycles. The Morgan fingerprint density at radius 1 is 1.25 bits per heavy atom. The molecular formula is C14H15ClN4S. The molecule has 1 aromatic carbocycles. The monoisotopic (exact) mass is 306 g/mol. The van der Waals surface area contributed by atoms with Crippen LogP contribution in [0.1, 0.15) is 11.4 Å². The van der Waals surface area contributed by atoms with E-state index in [9.17, 15) is 0 Å². The molecule has 0 radical (unpaired) electrons. The van der Waals surface area contributed by atoms with Gasteiger partial charge in [0.05, 0.1) is 22.6 Å². The van der Waals surface area contributed by atoms with Crippen molar-refractivity contribution in [3.8, 4) is 11.3 Å². The third-order valence-electron chi connectivity index (χ3n) is 2.46. The van der Waals surface area contributed by atoms with E-state index in [0.29, 0.717) is 22.1 Å². The van der Waals surface area contributed by atoms with Gasteiger partial charge in [-0.2, -0.15) is 0 Å².